The Morgan fingerprint density at radius 2 is 2.14 bits per heavy atom. The van der Waals surface area contributed by atoms with Crippen LogP contribution in [0.1, 0.15) is 18.9 Å². The maximum Gasteiger partial charge on any atom is 0.411 e. The molecule has 5 nitrogen and oxygen atoms in total. The molecule has 1 aliphatic rings. The summed E-state index contributed by atoms with van der Waals surface area (Å²) in [6.07, 6.45) is 0.985. The van der Waals surface area contributed by atoms with Gasteiger partial charge in [0.15, 0.2) is 0 Å². The number of amides is 1. The Hall–Kier alpha value is -2.30. The summed E-state index contributed by atoms with van der Waals surface area (Å²) in [6, 6.07) is 7.60. The Morgan fingerprint density at radius 1 is 1.43 bits per heavy atom. The molecule has 0 bridgehead atoms. The molecule has 21 heavy (non-hydrogen) atoms. The number of aryl methyl sites for hydroxylation is 1. The number of nitrogens with one attached hydrogen (secondary N) is 1. The molecule has 1 N–H and O–H groups in total. The quantitative estimate of drug-likeness (QED) is 0.668. The number of hydrogen-bond acceptors (Lipinski definition) is 4. The normalized spacial score (nSPS) is 17.5. The first-order valence-corrected chi connectivity index (χ1v) is 6.98. The minimum absolute atomic E-state index is 0.0610. The van der Waals surface area contributed by atoms with Crippen LogP contribution in [0, 0.1) is 5.92 Å². The van der Waals surface area contributed by atoms with Gasteiger partial charge in [-0.05, 0) is 30.5 Å². The zero-order chi connectivity index (χ0) is 15.2. The molecule has 112 valence electrons. The molecule has 5 heteroatoms. The second-order valence-corrected chi connectivity index (χ2v) is 4.92. The fourth-order valence-corrected chi connectivity index (χ4v) is 2.07. The molecule has 1 atom stereocenters. The third-order valence-electron chi connectivity index (χ3n) is 3.48. The van der Waals surface area contributed by atoms with Gasteiger partial charge >= 0.3 is 12.1 Å². The van der Waals surface area contributed by atoms with E-state index in [4.69, 9.17) is 9.47 Å². The zero-order valence-electron chi connectivity index (χ0n) is 12.1. The topological polar surface area (TPSA) is 64.6 Å². The summed E-state index contributed by atoms with van der Waals surface area (Å²) in [7, 11) is 0. The molecular weight excluding hydrogens is 270 g/mol. The standard InChI is InChI=1S/C16H19NO4/c1-3-12-4-6-14(7-5-12)17-16(19)20-9-8-13-10-21-15(18)11(13)2/h4-7,13H,2-3,8-10H2,1H3,(H,17,19)/t13-/m0/s1. The van der Waals surface area contributed by atoms with E-state index in [1.807, 2.05) is 24.3 Å². The number of ether oxygens (including phenoxy) is 2. The number of cyclic esters (lactones) is 1. The summed E-state index contributed by atoms with van der Waals surface area (Å²) in [4.78, 5) is 22.8. The van der Waals surface area contributed by atoms with Gasteiger partial charge in [0, 0.05) is 17.2 Å². The molecule has 0 aromatic heterocycles. The van der Waals surface area contributed by atoms with Crippen LogP contribution in [0.2, 0.25) is 0 Å². The van der Waals surface area contributed by atoms with E-state index in [1.165, 1.54) is 5.56 Å². The third kappa shape index (κ3) is 4.08. The molecule has 1 amide bonds. The number of hydrogen-bond donors (Lipinski definition) is 1. The van der Waals surface area contributed by atoms with Crippen molar-refractivity contribution in [2.75, 3.05) is 18.5 Å². The smallest absolute Gasteiger partial charge is 0.411 e. The molecule has 0 spiro atoms. The fraction of sp³-hybridized carbons (Fsp3) is 0.375. The van der Waals surface area contributed by atoms with Crippen LogP contribution in [0.5, 0.6) is 0 Å². The van der Waals surface area contributed by atoms with Crippen LogP contribution >= 0.6 is 0 Å². The Kier molecular flexibility index (Phi) is 4.98. The van der Waals surface area contributed by atoms with E-state index >= 15 is 0 Å². The first kappa shape index (κ1) is 15.1. The number of carbonyl (C=O) groups is 2. The van der Waals surface area contributed by atoms with Crippen molar-refractivity contribution < 1.29 is 19.1 Å². The van der Waals surface area contributed by atoms with Crippen molar-refractivity contribution in [3.63, 3.8) is 0 Å². The molecule has 0 unspecified atom stereocenters. The van der Waals surface area contributed by atoms with Gasteiger partial charge in [-0.15, -0.1) is 0 Å². The molecule has 1 saturated heterocycles. The maximum atomic E-state index is 11.6. The van der Waals surface area contributed by atoms with Gasteiger partial charge < -0.3 is 9.47 Å². The van der Waals surface area contributed by atoms with E-state index in [0.29, 0.717) is 24.3 Å². The molecule has 1 aromatic carbocycles. The van der Waals surface area contributed by atoms with Crippen LogP contribution in [-0.4, -0.2) is 25.3 Å². The highest BCUT2D eigenvalue weighted by Gasteiger charge is 2.28. The Balaban J connectivity index is 1.72. The molecule has 2 rings (SSSR count). The molecule has 1 heterocycles. The second-order valence-electron chi connectivity index (χ2n) is 4.92. The predicted molar refractivity (Wildman–Crippen MR) is 79.0 cm³/mol. The van der Waals surface area contributed by atoms with Crippen LogP contribution in [0.25, 0.3) is 0 Å². The van der Waals surface area contributed by atoms with E-state index in [-0.39, 0.29) is 18.5 Å². The number of rotatable bonds is 5. The van der Waals surface area contributed by atoms with E-state index in [1.54, 1.807) is 0 Å². The van der Waals surface area contributed by atoms with Crippen molar-refractivity contribution >= 4 is 17.7 Å². The Labute approximate surface area is 123 Å². The van der Waals surface area contributed by atoms with E-state index in [2.05, 4.69) is 18.8 Å². The monoisotopic (exact) mass is 289 g/mol. The van der Waals surface area contributed by atoms with Crippen molar-refractivity contribution in [1.82, 2.24) is 0 Å². The maximum absolute atomic E-state index is 11.6. The molecule has 0 aliphatic carbocycles. The summed E-state index contributed by atoms with van der Waals surface area (Å²) in [5.74, 6) is -0.422. The zero-order valence-corrected chi connectivity index (χ0v) is 12.1. The highest BCUT2D eigenvalue weighted by molar-refractivity contribution is 5.90. The van der Waals surface area contributed by atoms with Crippen molar-refractivity contribution in [3.8, 4) is 0 Å². The van der Waals surface area contributed by atoms with Gasteiger partial charge in [-0.2, -0.15) is 0 Å². The summed E-state index contributed by atoms with van der Waals surface area (Å²) in [6.45, 7) is 6.28. The lowest BCUT2D eigenvalue weighted by Gasteiger charge is -2.09. The SMILES string of the molecule is C=C1C(=O)OC[C@@H]1CCOC(=O)Nc1ccc(CC)cc1. The number of esters is 1. The highest BCUT2D eigenvalue weighted by Crippen LogP contribution is 2.22. The van der Waals surface area contributed by atoms with E-state index < -0.39 is 6.09 Å². The minimum Gasteiger partial charge on any atom is -0.462 e. The molecule has 1 aromatic rings. The third-order valence-corrected chi connectivity index (χ3v) is 3.48. The lowest BCUT2D eigenvalue weighted by Crippen LogP contribution is -2.16. The predicted octanol–water partition coefficient (Wildman–Crippen LogP) is 2.92. The summed E-state index contributed by atoms with van der Waals surface area (Å²) >= 11 is 0. The lowest BCUT2D eigenvalue weighted by atomic mass is 10.0. The Morgan fingerprint density at radius 3 is 2.71 bits per heavy atom. The van der Waals surface area contributed by atoms with Gasteiger partial charge in [0.1, 0.15) is 0 Å². The van der Waals surface area contributed by atoms with Crippen LogP contribution < -0.4 is 5.32 Å². The molecule has 0 saturated carbocycles. The van der Waals surface area contributed by atoms with Crippen molar-refractivity contribution in [2.24, 2.45) is 5.92 Å². The first-order valence-electron chi connectivity index (χ1n) is 6.98. The largest absolute Gasteiger partial charge is 0.462 e. The van der Waals surface area contributed by atoms with Gasteiger partial charge in [-0.3, -0.25) is 5.32 Å². The van der Waals surface area contributed by atoms with E-state index in [9.17, 15) is 9.59 Å². The van der Waals surface area contributed by atoms with Crippen molar-refractivity contribution in [1.29, 1.82) is 0 Å². The van der Waals surface area contributed by atoms with Gasteiger partial charge in [0.05, 0.1) is 13.2 Å². The average molecular weight is 289 g/mol. The molecular formula is C16H19NO4. The summed E-state index contributed by atoms with van der Waals surface area (Å²) < 4.78 is 9.95. The summed E-state index contributed by atoms with van der Waals surface area (Å²) in [5.41, 5.74) is 2.36. The Bertz CT molecular complexity index is 536. The van der Waals surface area contributed by atoms with Gasteiger partial charge in [0.25, 0.3) is 0 Å². The molecule has 1 aliphatic heterocycles. The van der Waals surface area contributed by atoms with E-state index in [0.717, 1.165) is 6.42 Å². The lowest BCUT2D eigenvalue weighted by molar-refractivity contribution is -0.135. The second kappa shape index (κ2) is 6.92. The van der Waals surface area contributed by atoms with Gasteiger partial charge in [-0.1, -0.05) is 25.6 Å². The van der Waals surface area contributed by atoms with Crippen molar-refractivity contribution in [3.05, 3.63) is 42.0 Å². The van der Waals surface area contributed by atoms with Crippen LogP contribution in [0.3, 0.4) is 0 Å². The highest BCUT2D eigenvalue weighted by atomic mass is 16.6. The number of benzene rings is 1. The minimum atomic E-state index is -0.505. The molecule has 1 fully saturated rings. The summed E-state index contributed by atoms with van der Waals surface area (Å²) in [5, 5.41) is 2.66. The average Bonchev–Trinajstić information content (AvgIpc) is 2.80. The van der Waals surface area contributed by atoms with Crippen LogP contribution in [-0.2, 0) is 20.7 Å². The van der Waals surface area contributed by atoms with Crippen LogP contribution in [0.15, 0.2) is 36.4 Å². The number of carbonyl (C=O) groups excluding carboxylic acids is 2. The van der Waals surface area contributed by atoms with Gasteiger partial charge in [0.2, 0.25) is 0 Å². The first-order chi connectivity index (χ1) is 10.1. The fourth-order valence-electron chi connectivity index (χ4n) is 2.07. The van der Waals surface area contributed by atoms with Crippen molar-refractivity contribution in [2.45, 2.75) is 19.8 Å². The van der Waals surface area contributed by atoms with Gasteiger partial charge in [-0.25, -0.2) is 9.59 Å². The molecule has 0 radical (unpaired) electrons. The number of anilines is 1. The van der Waals surface area contributed by atoms with Crippen LogP contribution in [0.4, 0.5) is 10.5 Å².